The molecule has 0 unspecified atom stereocenters. The van der Waals surface area contributed by atoms with Crippen molar-refractivity contribution in [2.45, 2.75) is 6.92 Å². The summed E-state index contributed by atoms with van der Waals surface area (Å²) in [5, 5.41) is 10.1. The summed E-state index contributed by atoms with van der Waals surface area (Å²) in [6, 6.07) is 7.20. The number of carboxylic acids is 1. The van der Waals surface area contributed by atoms with Gasteiger partial charge in [-0.15, -0.1) is 0 Å². The van der Waals surface area contributed by atoms with Crippen molar-refractivity contribution in [1.82, 2.24) is 4.98 Å². The molecule has 0 aliphatic carbocycles. The molecule has 0 aliphatic rings. The predicted octanol–water partition coefficient (Wildman–Crippen LogP) is 3.29. The molecule has 86 valence electrons. The molecule has 2 aromatic rings. The summed E-state index contributed by atoms with van der Waals surface area (Å²) in [5.41, 5.74) is 2.45. The Hall–Kier alpha value is -1.87. The lowest BCUT2D eigenvalue weighted by atomic mass is 10.1. The Morgan fingerprint density at radius 3 is 2.88 bits per heavy atom. The monoisotopic (exact) mass is 247 g/mol. The number of pyridine rings is 1. The average molecular weight is 248 g/mol. The summed E-state index contributed by atoms with van der Waals surface area (Å²) in [4.78, 5) is 14.9. The molecule has 4 heteroatoms. The van der Waals surface area contributed by atoms with E-state index < -0.39 is 5.97 Å². The number of carboxylic acid groups (broad SMARTS) is 1. The molecule has 0 fully saturated rings. The smallest absolute Gasteiger partial charge is 0.328 e. The van der Waals surface area contributed by atoms with Crippen LogP contribution in [-0.4, -0.2) is 16.1 Å². The maximum absolute atomic E-state index is 10.5. The highest BCUT2D eigenvalue weighted by Crippen LogP contribution is 2.23. The van der Waals surface area contributed by atoms with E-state index >= 15 is 0 Å². The lowest BCUT2D eigenvalue weighted by molar-refractivity contribution is -0.131. The summed E-state index contributed by atoms with van der Waals surface area (Å²) in [6.45, 7) is 1.87. The fourth-order valence-corrected chi connectivity index (χ4v) is 1.83. The Labute approximate surface area is 103 Å². The second-order valence-corrected chi connectivity index (χ2v) is 4.12. The van der Waals surface area contributed by atoms with Crippen LogP contribution in [0.3, 0.4) is 0 Å². The molecule has 0 bridgehead atoms. The van der Waals surface area contributed by atoms with E-state index in [0.717, 1.165) is 28.2 Å². The van der Waals surface area contributed by atoms with E-state index in [1.54, 1.807) is 18.2 Å². The predicted molar refractivity (Wildman–Crippen MR) is 68.2 cm³/mol. The number of carbonyl (C=O) groups is 1. The van der Waals surface area contributed by atoms with E-state index in [1.807, 2.05) is 19.1 Å². The SMILES string of the molecule is Cc1cc(/C=C/C(=O)O)c2cc(Cl)ccc2n1. The number of benzene rings is 1. The second-order valence-electron chi connectivity index (χ2n) is 3.69. The van der Waals surface area contributed by atoms with Crippen LogP contribution in [0, 0.1) is 6.92 Å². The third kappa shape index (κ3) is 2.63. The molecular formula is C13H10ClNO2. The summed E-state index contributed by atoms with van der Waals surface area (Å²) < 4.78 is 0. The molecule has 1 aromatic heterocycles. The first-order chi connectivity index (χ1) is 8.06. The lowest BCUT2D eigenvalue weighted by Gasteiger charge is -2.04. The largest absolute Gasteiger partial charge is 0.478 e. The first-order valence-corrected chi connectivity index (χ1v) is 5.42. The van der Waals surface area contributed by atoms with E-state index in [9.17, 15) is 4.79 Å². The van der Waals surface area contributed by atoms with Gasteiger partial charge in [0.25, 0.3) is 0 Å². The van der Waals surface area contributed by atoms with Crippen molar-refractivity contribution in [1.29, 1.82) is 0 Å². The average Bonchev–Trinajstić information content (AvgIpc) is 2.26. The molecule has 1 aromatic carbocycles. The summed E-state index contributed by atoms with van der Waals surface area (Å²) in [7, 11) is 0. The molecule has 0 spiro atoms. The molecular weight excluding hydrogens is 238 g/mol. The van der Waals surface area contributed by atoms with Gasteiger partial charge in [0.15, 0.2) is 0 Å². The molecule has 0 amide bonds. The number of rotatable bonds is 2. The number of aromatic nitrogens is 1. The van der Waals surface area contributed by atoms with Crippen molar-refractivity contribution >= 4 is 34.5 Å². The molecule has 2 rings (SSSR count). The van der Waals surface area contributed by atoms with Crippen LogP contribution in [0.5, 0.6) is 0 Å². The normalized spacial score (nSPS) is 11.2. The minimum absolute atomic E-state index is 0.605. The van der Waals surface area contributed by atoms with E-state index in [0.29, 0.717) is 5.02 Å². The van der Waals surface area contributed by atoms with Crippen molar-refractivity contribution in [3.05, 3.63) is 46.6 Å². The maximum Gasteiger partial charge on any atom is 0.328 e. The third-order valence-electron chi connectivity index (χ3n) is 2.34. The fraction of sp³-hybridized carbons (Fsp3) is 0.0769. The minimum Gasteiger partial charge on any atom is -0.478 e. The van der Waals surface area contributed by atoms with Gasteiger partial charge in [0, 0.05) is 22.2 Å². The summed E-state index contributed by atoms with van der Waals surface area (Å²) in [6.07, 6.45) is 2.66. The third-order valence-corrected chi connectivity index (χ3v) is 2.57. The summed E-state index contributed by atoms with van der Waals surface area (Å²) >= 11 is 5.92. The van der Waals surface area contributed by atoms with E-state index in [4.69, 9.17) is 16.7 Å². The highest BCUT2D eigenvalue weighted by molar-refractivity contribution is 6.31. The second kappa shape index (κ2) is 4.55. The van der Waals surface area contributed by atoms with Crippen LogP contribution < -0.4 is 0 Å². The zero-order valence-electron chi connectivity index (χ0n) is 9.14. The van der Waals surface area contributed by atoms with Gasteiger partial charge in [0.2, 0.25) is 0 Å². The number of aryl methyl sites for hydroxylation is 1. The topological polar surface area (TPSA) is 50.2 Å². The van der Waals surface area contributed by atoms with E-state index in [1.165, 1.54) is 0 Å². The Kier molecular flexibility index (Phi) is 3.11. The number of fused-ring (bicyclic) bond motifs is 1. The molecule has 0 saturated heterocycles. The van der Waals surface area contributed by atoms with Crippen molar-refractivity contribution < 1.29 is 9.90 Å². The van der Waals surface area contributed by atoms with Crippen LogP contribution in [0.4, 0.5) is 0 Å². The number of halogens is 1. The molecule has 17 heavy (non-hydrogen) atoms. The van der Waals surface area contributed by atoms with Gasteiger partial charge in [-0.1, -0.05) is 11.6 Å². The standard InChI is InChI=1S/C13H10ClNO2/c1-8-6-9(2-5-13(16)17)11-7-10(14)3-4-12(11)15-8/h2-7H,1H3,(H,16,17)/b5-2+. The van der Waals surface area contributed by atoms with E-state index in [2.05, 4.69) is 4.98 Å². The Morgan fingerprint density at radius 1 is 1.41 bits per heavy atom. The number of hydrogen-bond acceptors (Lipinski definition) is 2. The summed E-state index contributed by atoms with van der Waals surface area (Å²) in [5.74, 6) is -0.977. The zero-order chi connectivity index (χ0) is 12.4. The van der Waals surface area contributed by atoms with E-state index in [-0.39, 0.29) is 0 Å². The van der Waals surface area contributed by atoms with Gasteiger partial charge in [-0.25, -0.2) is 4.79 Å². The van der Waals surface area contributed by atoms with Crippen LogP contribution in [0.15, 0.2) is 30.3 Å². The zero-order valence-corrected chi connectivity index (χ0v) is 9.90. The fourth-order valence-electron chi connectivity index (χ4n) is 1.66. The minimum atomic E-state index is -0.977. The first kappa shape index (κ1) is 11.6. The van der Waals surface area contributed by atoms with Crippen molar-refractivity contribution in [2.75, 3.05) is 0 Å². The number of nitrogens with zero attached hydrogens (tertiary/aromatic N) is 1. The molecule has 1 heterocycles. The van der Waals surface area contributed by atoms with Crippen molar-refractivity contribution in [3.8, 4) is 0 Å². The van der Waals surface area contributed by atoms with Gasteiger partial charge >= 0.3 is 5.97 Å². The van der Waals surface area contributed by atoms with Crippen LogP contribution in [0.2, 0.25) is 5.02 Å². The lowest BCUT2D eigenvalue weighted by Crippen LogP contribution is -1.89. The molecule has 0 atom stereocenters. The van der Waals surface area contributed by atoms with Crippen LogP contribution in [-0.2, 0) is 4.79 Å². The number of hydrogen-bond donors (Lipinski definition) is 1. The Bertz CT molecular complexity index is 620. The van der Waals surface area contributed by atoms with Crippen molar-refractivity contribution in [2.24, 2.45) is 0 Å². The van der Waals surface area contributed by atoms with Crippen molar-refractivity contribution in [3.63, 3.8) is 0 Å². The highest BCUT2D eigenvalue weighted by Gasteiger charge is 2.03. The maximum atomic E-state index is 10.5. The molecule has 1 N–H and O–H groups in total. The Balaban J connectivity index is 2.67. The number of aliphatic carboxylic acids is 1. The molecule has 3 nitrogen and oxygen atoms in total. The van der Waals surface area contributed by atoms with Gasteiger partial charge in [0.1, 0.15) is 0 Å². The van der Waals surface area contributed by atoms with Gasteiger partial charge in [-0.2, -0.15) is 0 Å². The van der Waals surface area contributed by atoms with Gasteiger partial charge in [-0.05, 0) is 42.8 Å². The molecule has 0 saturated carbocycles. The van der Waals surface area contributed by atoms with Crippen LogP contribution in [0.25, 0.3) is 17.0 Å². The molecule has 0 aliphatic heterocycles. The van der Waals surface area contributed by atoms with Gasteiger partial charge in [0.05, 0.1) is 5.52 Å². The first-order valence-electron chi connectivity index (χ1n) is 5.04. The van der Waals surface area contributed by atoms with Gasteiger partial charge < -0.3 is 5.11 Å². The van der Waals surface area contributed by atoms with Crippen LogP contribution >= 0.6 is 11.6 Å². The van der Waals surface area contributed by atoms with Crippen LogP contribution in [0.1, 0.15) is 11.3 Å². The highest BCUT2D eigenvalue weighted by atomic mass is 35.5. The van der Waals surface area contributed by atoms with Gasteiger partial charge in [-0.3, -0.25) is 4.98 Å². The Morgan fingerprint density at radius 2 is 2.18 bits per heavy atom. The quantitative estimate of drug-likeness (QED) is 0.829. The molecule has 0 radical (unpaired) electrons.